The third-order valence-electron chi connectivity index (χ3n) is 2.82. The Hall–Kier alpha value is -2.07. The summed E-state index contributed by atoms with van der Waals surface area (Å²) < 4.78 is 11.1. The molecule has 4 nitrogen and oxygen atoms in total. The predicted molar refractivity (Wildman–Crippen MR) is 79.3 cm³/mol. The number of methoxy groups -OCH3 is 1. The maximum Gasteiger partial charge on any atom is 0.169 e. The van der Waals surface area contributed by atoms with Gasteiger partial charge < -0.3 is 14.8 Å². The Morgan fingerprint density at radius 2 is 1.95 bits per heavy atom. The van der Waals surface area contributed by atoms with Crippen molar-refractivity contribution in [2.24, 2.45) is 0 Å². The van der Waals surface area contributed by atoms with E-state index in [1.165, 1.54) is 0 Å². The molecule has 0 aliphatic heterocycles. The van der Waals surface area contributed by atoms with Gasteiger partial charge in [-0.15, -0.1) is 0 Å². The molecule has 0 aliphatic rings. The van der Waals surface area contributed by atoms with Crippen LogP contribution in [0.4, 0.5) is 0 Å². The topological polar surface area (TPSA) is 43.4 Å². The summed E-state index contributed by atoms with van der Waals surface area (Å²) in [5, 5.41) is 3.34. The van der Waals surface area contributed by atoms with E-state index in [1.54, 1.807) is 13.3 Å². The van der Waals surface area contributed by atoms with Gasteiger partial charge in [-0.2, -0.15) is 0 Å². The van der Waals surface area contributed by atoms with Crippen LogP contribution in [0.15, 0.2) is 42.7 Å². The van der Waals surface area contributed by atoms with Gasteiger partial charge in [-0.3, -0.25) is 4.98 Å². The monoisotopic (exact) mass is 272 g/mol. The number of benzene rings is 1. The first-order valence-electron chi connectivity index (χ1n) is 6.79. The Morgan fingerprint density at radius 1 is 1.15 bits per heavy atom. The highest BCUT2D eigenvalue weighted by atomic mass is 16.5. The molecule has 0 saturated carbocycles. The molecule has 1 heterocycles. The molecule has 20 heavy (non-hydrogen) atoms. The van der Waals surface area contributed by atoms with E-state index < -0.39 is 0 Å². The summed E-state index contributed by atoms with van der Waals surface area (Å²) in [5.41, 5.74) is 1.10. The van der Waals surface area contributed by atoms with Crippen molar-refractivity contribution in [2.75, 3.05) is 13.7 Å². The Bertz CT molecular complexity index is 544. The molecular weight excluding hydrogens is 252 g/mol. The second-order valence-corrected chi connectivity index (χ2v) is 4.46. The number of ether oxygens (including phenoxy) is 2. The van der Waals surface area contributed by atoms with Crippen molar-refractivity contribution in [1.82, 2.24) is 10.3 Å². The molecule has 0 atom stereocenters. The van der Waals surface area contributed by atoms with Crippen LogP contribution in [0.2, 0.25) is 0 Å². The lowest BCUT2D eigenvalue weighted by Crippen LogP contribution is -2.13. The fraction of sp³-hybridized carbons (Fsp3) is 0.312. The Labute approximate surface area is 119 Å². The van der Waals surface area contributed by atoms with Crippen molar-refractivity contribution in [2.45, 2.75) is 19.9 Å². The first-order valence-corrected chi connectivity index (χ1v) is 6.79. The Kier molecular flexibility index (Phi) is 5.38. The second-order valence-electron chi connectivity index (χ2n) is 4.46. The van der Waals surface area contributed by atoms with E-state index in [-0.39, 0.29) is 0 Å². The summed E-state index contributed by atoms with van der Waals surface area (Å²) in [6.45, 7) is 3.94. The SMILES string of the molecule is CCCNCc1cncc(Oc2ccccc2OC)c1. The van der Waals surface area contributed by atoms with E-state index in [2.05, 4.69) is 17.2 Å². The van der Waals surface area contributed by atoms with Crippen molar-refractivity contribution in [1.29, 1.82) is 0 Å². The fourth-order valence-corrected chi connectivity index (χ4v) is 1.86. The number of nitrogens with zero attached hydrogens (tertiary/aromatic N) is 1. The smallest absolute Gasteiger partial charge is 0.169 e. The third kappa shape index (κ3) is 3.96. The van der Waals surface area contributed by atoms with Crippen molar-refractivity contribution in [3.05, 3.63) is 48.3 Å². The molecule has 0 spiro atoms. The van der Waals surface area contributed by atoms with Gasteiger partial charge in [-0.1, -0.05) is 19.1 Å². The lowest BCUT2D eigenvalue weighted by atomic mass is 10.2. The normalized spacial score (nSPS) is 10.3. The molecular formula is C16H20N2O2. The summed E-state index contributed by atoms with van der Waals surface area (Å²) in [7, 11) is 1.63. The molecule has 0 amide bonds. The average Bonchev–Trinajstić information content (AvgIpc) is 2.48. The van der Waals surface area contributed by atoms with Gasteiger partial charge in [0.2, 0.25) is 0 Å². The predicted octanol–water partition coefficient (Wildman–Crippen LogP) is 3.38. The molecule has 0 radical (unpaired) electrons. The summed E-state index contributed by atoms with van der Waals surface area (Å²) in [6, 6.07) is 9.56. The van der Waals surface area contributed by atoms with Crippen LogP contribution in [0, 0.1) is 0 Å². The van der Waals surface area contributed by atoms with Crippen molar-refractivity contribution < 1.29 is 9.47 Å². The first-order chi connectivity index (χ1) is 9.83. The van der Waals surface area contributed by atoms with E-state index in [0.717, 1.165) is 25.1 Å². The van der Waals surface area contributed by atoms with Gasteiger partial charge in [-0.25, -0.2) is 0 Å². The largest absolute Gasteiger partial charge is 0.493 e. The highest BCUT2D eigenvalue weighted by Gasteiger charge is 2.05. The zero-order valence-corrected chi connectivity index (χ0v) is 11.9. The van der Waals surface area contributed by atoms with E-state index in [4.69, 9.17) is 9.47 Å². The number of para-hydroxylation sites is 2. The quantitative estimate of drug-likeness (QED) is 0.785. The molecule has 0 aliphatic carbocycles. The van der Waals surface area contributed by atoms with Gasteiger partial charge in [0.15, 0.2) is 11.5 Å². The molecule has 2 rings (SSSR count). The minimum Gasteiger partial charge on any atom is -0.493 e. The lowest BCUT2D eigenvalue weighted by Gasteiger charge is -2.10. The molecule has 1 N–H and O–H groups in total. The zero-order chi connectivity index (χ0) is 14.2. The Balaban J connectivity index is 2.07. The van der Waals surface area contributed by atoms with Gasteiger partial charge >= 0.3 is 0 Å². The molecule has 0 bridgehead atoms. The number of nitrogens with one attached hydrogen (secondary N) is 1. The van der Waals surface area contributed by atoms with Gasteiger partial charge in [0.25, 0.3) is 0 Å². The number of aromatic nitrogens is 1. The van der Waals surface area contributed by atoms with Crippen LogP contribution in [0.25, 0.3) is 0 Å². The minimum absolute atomic E-state index is 0.690. The van der Waals surface area contributed by atoms with Crippen LogP contribution in [-0.4, -0.2) is 18.6 Å². The van der Waals surface area contributed by atoms with Crippen LogP contribution in [-0.2, 0) is 6.54 Å². The highest BCUT2D eigenvalue weighted by molar-refractivity contribution is 5.42. The number of pyridine rings is 1. The number of hydrogen-bond acceptors (Lipinski definition) is 4. The van der Waals surface area contributed by atoms with E-state index in [0.29, 0.717) is 17.2 Å². The second kappa shape index (κ2) is 7.50. The van der Waals surface area contributed by atoms with E-state index >= 15 is 0 Å². The van der Waals surface area contributed by atoms with Crippen LogP contribution in [0.5, 0.6) is 17.2 Å². The summed E-state index contributed by atoms with van der Waals surface area (Å²) in [4.78, 5) is 4.21. The molecule has 4 heteroatoms. The summed E-state index contributed by atoms with van der Waals surface area (Å²) >= 11 is 0. The van der Waals surface area contributed by atoms with E-state index in [1.807, 2.05) is 36.5 Å². The van der Waals surface area contributed by atoms with Crippen LogP contribution >= 0.6 is 0 Å². The van der Waals surface area contributed by atoms with Gasteiger partial charge in [0, 0.05) is 12.7 Å². The van der Waals surface area contributed by atoms with Crippen molar-refractivity contribution in [3.8, 4) is 17.2 Å². The molecule has 0 fully saturated rings. The lowest BCUT2D eigenvalue weighted by molar-refractivity contribution is 0.378. The maximum absolute atomic E-state index is 5.83. The number of hydrogen-bond donors (Lipinski definition) is 1. The molecule has 0 unspecified atom stereocenters. The van der Waals surface area contributed by atoms with Gasteiger partial charge in [0.1, 0.15) is 5.75 Å². The molecule has 2 aromatic rings. The highest BCUT2D eigenvalue weighted by Crippen LogP contribution is 2.30. The third-order valence-corrected chi connectivity index (χ3v) is 2.82. The van der Waals surface area contributed by atoms with Crippen LogP contribution in [0.3, 0.4) is 0 Å². The van der Waals surface area contributed by atoms with Crippen molar-refractivity contribution in [3.63, 3.8) is 0 Å². The standard InChI is InChI=1S/C16H20N2O2/c1-3-8-17-10-13-9-14(12-18-11-13)20-16-7-5-4-6-15(16)19-2/h4-7,9,11-12,17H,3,8,10H2,1-2H3. The zero-order valence-electron chi connectivity index (χ0n) is 11.9. The average molecular weight is 272 g/mol. The van der Waals surface area contributed by atoms with Crippen LogP contribution < -0.4 is 14.8 Å². The van der Waals surface area contributed by atoms with Gasteiger partial charge in [-0.05, 0) is 36.7 Å². The fourth-order valence-electron chi connectivity index (χ4n) is 1.86. The van der Waals surface area contributed by atoms with Crippen LogP contribution in [0.1, 0.15) is 18.9 Å². The summed E-state index contributed by atoms with van der Waals surface area (Å²) in [5.74, 6) is 2.11. The number of rotatable bonds is 7. The Morgan fingerprint density at radius 3 is 2.70 bits per heavy atom. The molecule has 0 saturated heterocycles. The molecule has 106 valence electrons. The first kappa shape index (κ1) is 14.3. The molecule has 1 aromatic heterocycles. The van der Waals surface area contributed by atoms with E-state index in [9.17, 15) is 0 Å². The summed E-state index contributed by atoms with van der Waals surface area (Å²) in [6.07, 6.45) is 4.67. The minimum atomic E-state index is 0.690. The van der Waals surface area contributed by atoms with Crippen molar-refractivity contribution >= 4 is 0 Å². The van der Waals surface area contributed by atoms with Gasteiger partial charge in [0.05, 0.1) is 13.3 Å². The maximum atomic E-state index is 5.83. The molecule has 1 aromatic carbocycles.